The van der Waals surface area contributed by atoms with Crippen LogP contribution in [0.5, 0.6) is 0 Å². The van der Waals surface area contributed by atoms with Crippen molar-refractivity contribution in [3.8, 4) is 11.1 Å². The van der Waals surface area contributed by atoms with Gasteiger partial charge >= 0.3 is 5.97 Å². The van der Waals surface area contributed by atoms with Gasteiger partial charge in [-0.15, -0.1) is 0 Å². The molecule has 0 fully saturated rings. The molecule has 0 saturated carbocycles. The highest BCUT2D eigenvalue weighted by molar-refractivity contribution is 5.87. The summed E-state index contributed by atoms with van der Waals surface area (Å²) in [6.07, 6.45) is 0. The van der Waals surface area contributed by atoms with Crippen LogP contribution in [0.15, 0.2) is 48.5 Å². The first kappa shape index (κ1) is 16.7. The van der Waals surface area contributed by atoms with Gasteiger partial charge in [0.1, 0.15) is 11.9 Å². The zero-order valence-corrected chi connectivity index (χ0v) is 12.9. The van der Waals surface area contributed by atoms with Crippen molar-refractivity contribution in [1.82, 2.24) is 5.32 Å². The summed E-state index contributed by atoms with van der Waals surface area (Å²) >= 11 is 0. The lowest BCUT2D eigenvalue weighted by atomic mass is 9.96. The van der Waals surface area contributed by atoms with E-state index in [2.05, 4.69) is 5.32 Å². The molecule has 2 atom stereocenters. The Balaban J connectivity index is 2.20. The number of carboxylic acid groups (broad SMARTS) is 1. The molecule has 0 heterocycles. The van der Waals surface area contributed by atoms with Gasteiger partial charge in [0.25, 0.3) is 0 Å². The van der Waals surface area contributed by atoms with Crippen molar-refractivity contribution in [2.24, 2.45) is 0 Å². The summed E-state index contributed by atoms with van der Waals surface area (Å²) in [7, 11) is 0. The molecule has 0 spiro atoms. The summed E-state index contributed by atoms with van der Waals surface area (Å²) in [5.74, 6) is -2.63. The number of hydrogen-bond donors (Lipinski definition) is 2. The number of hydrogen-bond acceptors (Lipinski definition) is 2. The van der Waals surface area contributed by atoms with E-state index in [-0.39, 0.29) is 0 Å². The van der Waals surface area contributed by atoms with Crippen molar-refractivity contribution >= 4 is 11.9 Å². The van der Waals surface area contributed by atoms with Gasteiger partial charge in [-0.05, 0) is 31.0 Å². The molecule has 1 unspecified atom stereocenters. The van der Waals surface area contributed by atoms with Crippen LogP contribution >= 0.6 is 0 Å². The summed E-state index contributed by atoms with van der Waals surface area (Å²) in [6, 6.07) is 12.8. The number of aliphatic carboxylic acids is 1. The van der Waals surface area contributed by atoms with Gasteiger partial charge in [-0.3, -0.25) is 9.59 Å². The standard InChI is InChI=1S/C18H18FNO3/c1-11(17(21)20-12(2)18(22)23)14-8-9-15(16(19)10-14)13-6-4-3-5-7-13/h3-12H,1-2H3,(H,20,21)(H,22,23)/t11?,12-/m1/s1. The molecule has 120 valence electrons. The molecule has 0 aliphatic heterocycles. The van der Waals surface area contributed by atoms with Crippen LogP contribution in [0.2, 0.25) is 0 Å². The Labute approximate surface area is 134 Å². The lowest BCUT2D eigenvalue weighted by Gasteiger charge is -2.16. The first-order valence-corrected chi connectivity index (χ1v) is 7.28. The normalized spacial score (nSPS) is 13.2. The van der Waals surface area contributed by atoms with Crippen LogP contribution in [0.3, 0.4) is 0 Å². The zero-order chi connectivity index (χ0) is 17.0. The number of benzene rings is 2. The van der Waals surface area contributed by atoms with Crippen LogP contribution in [0.25, 0.3) is 11.1 Å². The number of nitrogens with one attached hydrogen (secondary N) is 1. The van der Waals surface area contributed by atoms with Gasteiger partial charge in [-0.1, -0.05) is 42.5 Å². The van der Waals surface area contributed by atoms with E-state index in [1.54, 1.807) is 19.1 Å². The molecule has 2 N–H and O–H groups in total. The number of halogens is 1. The molecule has 0 aliphatic rings. The molecule has 23 heavy (non-hydrogen) atoms. The van der Waals surface area contributed by atoms with E-state index in [0.717, 1.165) is 5.56 Å². The minimum Gasteiger partial charge on any atom is -0.480 e. The molecule has 0 aromatic heterocycles. The highest BCUT2D eigenvalue weighted by Gasteiger charge is 2.21. The maximum atomic E-state index is 14.3. The molecule has 0 saturated heterocycles. The smallest absolute Gasteiger partial charge is 0.325 e. The Bertz CT molecular complexity index is 715. The monoisotopic (exact) mass is 315 g/mol. The number of carbonyl (C=O) groups is 2. The number of carbonyl (C=O) groups excluding carboxylic acids is 1. The summed E-state index contributed by atoms with van der Waals surface area (Å²) in [5.41, 5.74) is 1.71. The average Bonchev–Trinajstić information content (AvgIpc) is 2.54. The van der Waals surface area contributed by atoms with Crippen LogP contribution < -0.4 is 5.32 Å². The van der Waals surface area contributed by atoms with E-state index >= 15 is 0 Å². The van der Waals surface area contributed by atoms with Crippen molar-refractivity contribution in [3.63, 3.8) is 0 Å². The zero-order valence-electron chi connectivity index (χ0n) is 12.9. The maximum absolute atomic E-state index is 14.3. The Morgan fingerprint density at radius 2 is 1.74 bits per heavy atom. The fourth-order valence-corrected chi connectivity index (χ4v) is 2.20. The van der Waals surface area contributed by atoms with Crippen molar-refractivity contribution in [2.45, 2.75) is 25.8 Å². The molecule has 2 aromatic rings. The van der Waals surface area contributed by atoms with E-state index in [9.17, 15) is 14.0 Å². The molecule has 2 aromatic carbocycles. The highest BCUT2D eigenvalue weighted by Crippen LogP contribution is 2.26. The summed E-state index contributed by atoms with van der Waals surface area (Å²) in [4.78, 5) is 22.8. The summed E-state index contributed by atoms with van der Waals surface area (Å²) in [5, 5.41) is 11.2. The van der Waals surface area contributed by atoms with Gasteiger partial charge in [0.2, 0.25) is 5.91 Å². The second kappa shape index (κ2) is 7.05. The third-order valence-corrected chi connectivity index (χ3v) is 3.70. The molecule has 4 nitrogen and oxygen atoms in total. The van der Waals surface area contributed by atoms with Crippen LogP contribution in [-0.4, -0.2) is 23.0 Å². The Morgan fingerprint density at radius 3 is 2.30 bits per heavy atom. The fraction of sp³-hybridized carbons (Fsp3) is 0.222. The third kappa shape index (κ3) is 3.94. The average molecular weight is 315 g/mol. The Hall–Kier alpha value is -2.69. The fourth-order valence-electron chi connectivity index (χ4n) is 2.20. The molecule has 0 radical (unpaired) electrons. The van der Waals surface area contributed by atoms with Crippen LogP contribution in [0.4, 0.5) is 4.39 Å². The van der Waals surface area contributed by atoms with Crippen molar-refractivity contribution in [3.05, 3.63) is 59.9 Å². The van der Waals surface area contributed by atoms with E-state index < -0.39 is 29.7 Å². The minimum atomic E-state index is -1.11. The maximum Gasteiger partial charge on any atom is 0.325 e. The lowest BCUT2D eigenvalue weighted by Crippen LogP contribution is -2.40. The molecular formula is C18H18FNO3. The first-order valence-electron chi connectivity index (χ1n) is 7.28. The summed E-state index contributed by atoms with van der Waals surface area (Å²) < 4.78 is 14.3. The van der Waals surface area contributed by atoms with E-state index in [4.69, 9.17) is 5.11 Å². The van der Waals surface area contributed by atoms with Crippen molar-refractivity contribution in [1.29, 1.82) is 0 Å². The number of carboxylic acids is 1. The lowest BCUT2D eigenvalue weighted by molar-refractivity contribution is -0.141. The second-order valence-corrected chi connectivity index (χ2v) is 5.40. The molecular weight excluding hydrogens is 297 g/mol. The minimum absolute atomic E-state index is 0.417. The second-order valence-electron chi connectivity index (χ2n) is 5.40. The van der Waals surface area contributed by atoms with Crippen molar-refractivity contribution in [2.75, 3.05) is 0 Å². The first-order chi connectivity index (χ1) is 10.9. The van der Waals surface area contributed by atoms with Gasteiger partial charge in [0, 0.05) is 5.56 Å². The van der Waals surface area contributed by atoms with E-state index in [1.165, 1.54) is 13.0 Å². The molecule has 5 heteroatoms. The predicted octanol–water partition coefficient (Wildman–Crippen LogP) is 3.19. The highest BCUT2D eigenvalue weighted by atomic mass is 19.1. The van der Waals surface area contributed by atoms with Gasteiger partial charge in [0.05, 0.1) is 5.92 Å². The quantitative estimate of drug-likeness (QED) is 0.890. The Kier molecular flexibility index (Phi) is 5.11. The van der Waals surface area contributed by atoms with Crippen LogP contribution in [0, 0.1) is 5.82 Å². The number of amides is 1. The predicted molar refractivity (Wildman–Crippen MR) is 85.5 cm³/mol. The Morgan fingerprint density at radius 1 is 1.09 bits per heavy atom. The van der Waals surface area contributed by atoms with Gasteiger partial charge in [0.15, 0.2) is 0 Å². The molecule has 2 rings (SSSR count). The van der Waals surface area contributed by atoms with Gasteiger partial charge < -0.3 is 10.4 Å². The summed E-state index contributed by atoms with van der Waals surface area (Å²) in [6.45, 7) is 2.99. The third-order valence-electron chi connectivity index (χ3n) is 3.70. The topological polar surface area (TPSA) is 66.4 Å². The molecule has 1 amide bonds. The van der Waals surface area contributed by atoms with Gasteiger partial charge in [-0.25, -0.2) is 4.39 Å². The number of rotatable bonds is 5. The SMILES string of the molecule is CC(C(=O)N[C@H](C)C(=O)O)c1ccc(-c2ccccc2)c(F)c1. The molecule has 0 bridgehead atoms. The molecule has 0 aliphatic carbocycles. The largest absolute Gasteiger partial charge is 0.480 e. The van der Waals surface area contributed by atoms with E-state index in [1.807, 2.05) is 30.3 Å². The van der Waals surface area contributed by atoms with Gasteiger partial charge in [-0.2, -0.15) is 0 Å². The van der Waals surface area contributed by atoms with Crippen molar-refractivity contribution < 1.29 is 19.1 Å². The van der Waals surface area contributed by atoms with Crippen LogP contribution in [0.1, 0.15) is 25.3 Å². The van der Waals surface area contributed by atoms with Crippen LogP contribution in [-0.2, 0) is 9.59 Å². The van der Waals surface area contributed by atoms with E-state index in [0.29, 0.717) is 11.1 Å².